The second kappa shape index (κ2) is 10.6. The quantitative estimate of drug-likeness (QED) is 0.184. The van der Waals surface area contributed by atoms with Crippen molar-refractivity contribution < 1.29 is 9.47 Å². The fourth-order valence-electron chi connectivity index (χ4n) is 8.28. The predicted octanol–water partition coefficient (Wildman–Crippen LogP) is 7.78. The van der Waals surface area contributed by atoms with Gasteiger partial charge in [0.25, 0.3) is 6.71 Å². The molecule has 0 saturated heterocycles. The maximum atomic E-state index is 6.64. The van der Waals surface area contributed by atoms with Crippen LogP contribution in [0, 0.1) is 0 Å². The SMILES string of the molecule is CC1=NCC(C)(C)N1c1cccc(-c2ccc3c(c2)Oc2cccc4c2B3c2ccc(-c3cccc(N5C(C)=NCC5(C)C)c3)cc2O4)c1. The van der Waals surface area contributed by atoms with Crippen LogP contribution in [0.2, 0.25) is 0 Å². The molecule has 5 aromatic carbocycles. The van der Waals surface area contributed by atoms with Crippen LogP contribution in [-0.2, 0) is 0 Å². The summed E-state index contributed by atoms with van der Waals surface area (Å²) in [5, 5.41) is 0. The Hall–Kier alpha value is -5.30. The Morgan fingerprint density at radius 3 is 1.39 bits per heavy atom. The fraction of sp³-hybridized carbons (Fsp3) is 0.238. The highest BCUT2D eigenvalue weighted by molar-refractivity contribution is 6.98. The van der Waals surface area contributed by atoms with E-state index in [1.54, 1.807) is 0 Å². The van der Waals surface area contributed by atoms with Crippen LogP contribution < -0.4 is 35.7 Å². The molecular weight excluding hydrogens is 603 g/mol. The molecule has 0 atom stereocenters. The Morgan fingerprint density at radius 2 is 0.959 bits per heavy atom. The largest absolute Gasteiger partial charge is 0.458 e. The number of benzene rings is 5. The van der Waals surface area contributed by atoms with E-state index in [9.17, 15) is 0 Å². The third kappa shape index (κ3) is 4.70. The number of fused-ring (bicyclic) bond motifs is 4. The van der Waals surface area contributed by atoms with E-state index >= 15 is 0 Å². The van der Waals surface area contributed by atoms with Crippen LogP contribution in [0.5, 0.6) is 23.0 Å². The molecule has 0 aromatic heterocycles. The summed E-state index contributed by atoms with van der Waals surface area (Å²) in [5.74, 6) is 5.56. The van der Waals surface area contributed by atoms with E-state index in [-0.39, 0.29) is 17.8 Å². The molecule has 0 fully saturated rings. The van der Waals surface area contributed by atoms with Gasteiger partial charge in [-0.2, -0.15) is 0 Å². The van der Waals surface area contributed by atoms with Crippen molar-refractivity contribution in [2.75, 3.05) is 22.9 Å². The van der Waals surface area contributed by atoms with Gasteiger partial charge in [-0.1, -0.05) is 54.6 Å². The van der Waals surface area contributed by atoms with Crippen LogP contribution >= 0.6 is 0 Å². The van der Waals surface area contributed by atoms with Gasteiger partial charge < -0.3 is 19.3 Å². The fourth-order valence-corrected chi connectivity index (χ4v) is 8.28. The molecule has 49 heavy (non-hydrogen) atoms. The first-order valence-electron chi connectivity index (χ1n) is 17.2. The van der Waals surface area contributed by atoms with Gasteiger partial charge in [-0.15, -0.1) is 0 Å². The number of anilines is 2. The Morgan fingerprint density at radius 1 is 0.531 bits per heavy atom. The standard InChI is InChI=1S/C42H39BN4O2/c1-26-44-24-41(3,4)46(26)32-12-7-10-28(20-32)30-16-18-34-38(22-30)48-36-14-9-15-37-40(36)43(34)35-19-17-31(23-39(35)49-37)29-11-8-13-33(21-29)47-27(2)45-25-42(47,5)6/h7-23H,24-25H2,1-6H3. The van der Waals surface area contributed by atoms with Crippen LogP contribution in [0.3, 0.4) is 0 Å². The summed E-state index contributed by atoms with van der Waals surface area (Å²) in [5.41, 5.74) is 10.1. The summed E-state index contributed by atoms with van der Waals surface area (Å²) in [4.78, 5) is 14.2. The van der Waals surface area contributed by atoms with Gasteiger partial charge in [-0.3, -0.25) is 9.98 Å². The summed E-state index contributed by atoms with van der Waals surface area (Å²) in [6.07, 6.45) is 0. The maximum absolute atomic E-state index is 6.64. The van der Waals surface area contributed by atoms with Crippen molar-refractivity contribution in [2.24, 2.45) is 9.98 Å². The molecule has 6 nitrogen and oxygen atoms in total. The van der Waals surface area contributed by atoms with Crippen LogP contribution in [0.15, 0.2) is 113 Å². The van der Waals surface area contributed by atoms with Crippen molar-refractivity contribution >= 4 is 46.1 Å². The van der Waals surface area contributed by atoms with Gasteiger partial charge >= 0.3 is 0 Å². The summed E-state index contributed by atoms with van der Waals surface area (Å²) in [6.45, 7) is 14.8. The first-order valence-corrected chi connectivity index (χ1v) is 17.2. The van der Waals surface area contributed by atoms with E-state index < -0.39 is 0 Å². The highest BCUT2D eigenvalue weighted by atomic mass is 16.5. The van der Waals surface area contributed by atoms with Gasteiger partial charge in [0.1, 0.15) is 34.7 Å². The predicted molar refractivity (Wildman–Crippen MR) is 204 cm³/mol. The number of ether oxygens (including phenoxy) is 2. The second-order valence-corrected chi connectivity index (χ2v) is 14.9. The van der Waals surface area contributed by atoms with Crippen LogP contribution in [0.25, 0.3) is 22.3 Å². The zero-order valence-corrected chi connectivity index (χ0v) is 28.9. The van der Waals surface area contributed by atoms with E-state index in [2.05, 4.69) is 148 Å². The molecule has 0 saturated carbocycles. The Bertz CT molecular complexity index is 2100. The molecule has 0 N–H and O–H groups in total. The van der Waals surface area contributed by atoms with Gasteiger partial charge in [-0.25, -0.2) is 0 Å². The highest BCUT2D eigenvalue weighted by Crippen LogP contribution is 2.39. The zero-order valence-electron chi connectivity index (χ0n) is 28.9. The lowest BCUT2D eigenvalue weighted by Crippen LogP contribution is -2.57. The van der Waals surface area contributed by atoms with Crippen molar-refractivity contribution in [1.29, 1.82) is 0 Å². The molecule has 4 aliphatic rings. The van der Waals surface area contributed by atoms with Gasteiger partial charge in [-0.05, 0) is 123 Å². The molecule has 0 amide bonds. The minimum Gasteiger partial charge on any atom is -0.458 e. The average Bonchev–Trinajstić information content (AvgIpc) is 3.54. The van der Waals surface area contributed by atoms with Crippen LogP contribution in [0.4, 0.5) is 11.4 Å². The number of hydrogen-bond acceptors (Lipinski definition) is 6. The Labute approximate surface area is 288 Å². The van der Waals surface area contributed by atoms with Crippen LogP contribution in [0.1, 0.15) is 41.5 Å². The van der Waals surface area contributed by atoms with Crippen molar-refractivity contribution in [3.63, 3.8) is 0 Å². The number of hydrogen-bond donors (Lipinski definition) is 0. The first kappa shape index (κ1) is 29.8. The lowest BCUT2D eigenvalue weighted by molar-refractivity contribution is 0.464. The lowest BCUT2D eigenvalue weighted by Gasteiger charge is -2.34. The molecule has 4 heterocycles. The monoisotopic (exact) mass is 642 g/mol. The summed E-state index contributed by atoms with van der Waals surface area (Å²) in [7, 11) is 0. The van der Waals surface area contributed by atoms with Crippen LogP contribution in [-0.4, -0.2) is 42.6 Å². The minimum atomic E-state index is -0.0547. The Kier molecular flexibility index (Phi) is 6.45. The number of amidine groups is 2. The minimum absolute atomic E-state index is 0.00740. The van der Waals surface area contributed by atoms with Gasteiger partial charge in [0, 0.05) is 16.8 Å². The topological polar surface area (TPSA) is 49.7 Å². The summed E-state index contributed by atoms with van der Waals surface area (Å²) in [6, 6.07) is 37.0. The molecule has 9 rings (SSSR count). The number of aliphatic imine (C=N–C) groups is 2. The van der Waals surface area contributed by atoms with E-state index in [0.29, 0.717) is 0 Å². The molecule has 0 radical (unpaired) electrons. The van der Waals surface area contributed by atoms with Gasteiger partial charge in [0.15, 0.2) is 0 Å². The zero-order chi connectivity index (χ0) is 33.7. The molecule has 4 aliphatic heterocycles. The number of nitrogens with zero attached hydrogens (tertiary/aromatic N) is 4. The highest BCUT2D eigenvalue weighted by Gasteiger charge is 2.40. The molecular formula is C42H39BN4O2. The molecule has 0 bridgehead atoms. The van der Waals surface area contributed by atoms with E-state index in [4.69, 9.17) is 19.5 Å². The molecule has 0 aliphatic carbocycles. The normalized spacial score (nSPS) is 17.8. The average molecular weight is 643 g/mol. The molecule has 5 aromatic rings. The smallest absolute Gasteiger partial charge is 0.260 e. The summed E-state index contributed by atoms with van der Waals surface area (Å²) < 4.78 is 13.3. The van der Waals surface area contributed by atoms with Crippen molar-refractivity contribution in [2.45, 2.75) is 52.6 Å². The lowest BCUT2D eigenvalue weighted by atomic mass is 9.35. The molecule has 7 heteroatoms. The van der Waals surface area contributed by atoms with Gasteiger partial charge in [0.05, 0.1) is 24.2 Å². The van der Waals surface area contributed by atoms with Crippen molar-refractivity contribution in [3.8, 4) is 45.3 Å². The van der Waals surface area contributed by atoms with E-state index in [1.165, 1.54) is 0 Å². The third-order valence-electron chi connectivity index (χ3n) is 10.5. The second-order valence-electron chi connectivity index (χ2n) is 14.9. The number of rotatable bonds is 4. The van der Waals surface area contributed by atoms with E-state index in [0.717, 1.165) is 97.8 Å². The Balaban J connectivity index is 1.09. The van der Waals surface area contributed by atoms with Gasteiger partial charge in [0.2, 0.25) is 0 Å². The van der Waals surface area contributed by atoms with E-state index in [1.807, 2.05) is 6.07 Å². The first-order chi connectivity index (χ1) is 23.6. The summed E-state index contributed by atoms with van der Waals surface area (Å²) >= 11 is 0. The van der Waals surface area contributed by atoms with Crippen molar-refractivity contribution in [3.05, 3.63) is 103 Å². The molecule has 242 valence electrons. The molecule has 0 spiro atoms. The van der Waals surface area contributed by atoms with Crippen molar-refractivity contribution in [1.82, 2.24) is 0 Å². The third-order valence-corrected chi connectivity index (χ3v) is 10.5. The molecule has 0 unspecified atom stereocenters. The maximum Gasteiger partial charge on any atom is 0.260 e.